The number of carbonyl (C=O) groups is 1. The number of halogens is 2. The molecule has 5 aromatic rings. The summed E-state index contributed by atoms with van der Waals surface area (Å²) in [6.07, 6.45) is 1.39. The number of nitrogens with one attached hydrogen (secondary N) is 2. The third kappa shape index (κ3) is 4.06. The third-order valence-corrected chi connectivity index (χ3v) is 5.07. The van der Waals surface area contributed by atoms with Crippen molar-refractivity contribution in [1.82, 2.24) is 29.5 Å². The van der Waals surface area contributed by atoms with Crippen LogP contribution in [0.2, 0.25) is 0 Å². The van der Waals surface area contributed by atoms with Gasteiger partial charge in [-0.1, -0.05) is 12.1 Å². The van der Waals surface area contributed by atoms with E-state index in [4.69, 9.17) is 0 Å². The van der Waals surface area contributed by atoms with E-state index in [1.807, 2.05) is 0 Å². The van der Waals surface area contributed by atoms with Crippen molar-refractivity contribution in [3.63, 3.8) is 0 Å². The summed E-state index contributed by atoms with van der Waals surface area (Å²) in [4.78, 5) is 32.4. The van der Waals surface area contributed by atoms with E-state index >= 15 is 0 Å². The Bertz CT molecular complexity index is 1570. The van der Waals surface area contributed by atoms with Gasteiger partial charge >= 0.3 is 0 Å². The van der Waals surface area contributed by atoms with Crippen LogP contribution in [-0.2, 0) is 11.2 Å². The summed E-state index contributed by atoms with van der Waals surface area (Å²) in [5.74, 6) is -0.790. The SMILES string of the molecule is Cc1cc(NC(=O)Cc2ccc(F)cc2)n(-c2nc3c(cnn3-c3ccc(F)cc3)c(=O)[nH]2)n1. The number of anilines is 1. The predicted octanol–water partition coefficient (Wildman–Crippen LogP) is 3.06. The smallest absolute Gasteiger partial charge is 0.263 e. The Balaban J connectivity index is 1.51. The first-order chi connectivity index (χ1) is 16.4. The molecule has 3 aromatic heterocycles. The Labute approximate surface area is 190 Å². The van der Waals surface area contributed by atoms with Gasteiger partial charge in [-0.2, -0.15) is 19.9 Å². The molecule has 9 nitrogen and oxygen atoms in total. The lowest BCUT2D eigenvalue weighted by atomic mass is 10.1. The zero-order valence-corrected chi connectivity index (χ0v) is 17.8. The molecular formula is C23H17F2N7O2. The maximum absolute atomic E-state index is 13.3. The fraction of sp³-hybridized carbons (Fsp3) is 0.0870. The molecule has 34 heavy (non-hydrogen) atoms. The monoisotopic (exact) mass is 461 g/mol. The topological polar surface area (TPSA) is 110 Å². The van der Waals surface area contributed by atoms with Gasteiger partial charge in [0.25, 0.3) is 5.56 Å². The van der Waals surface area contributed by atoms with Gasteiger partial charge in [0.15, 0.2) is 5.65 Å². The number of benzene rings is 2. The zero-order valence-electron chi connectivity index (χ0n) is 17.8. The Morgan fingerprint density at radius 2 is 1.71 bits per heavy atom. The first-order valence-corrected chi connectivity index (χ1v) is 10.2. The normalized spacial score (nSPS) is 11.1. The quantitative estimate of drug-likeness (QED) is 0.418. The molecule has 3 heterocycles. The minimum Gasteiger partial charge on any atom is -0.310 e. The highest BCUT2D eigenvalue weighted by molar-refractivity contribution is 5.91. The Kier molecular flexibility index (Phi) is 5.21. The van der Waals surface area contributed by atoms with E-state index in [9.17, 15) is 18.4 Å². The lowest BCUT2D eigenvalue weighted by Gasteiger charge is -2.09. The zero-order chi connectivity index (χ0) is 23.8. The van der Waals surface area contributed by atoms with E-state index in [-0.39, 0.29) is 35.1 Å². The summed E-state index contributed by atoms with van der Waals surface area (Å²) in [5.41, 5.74) is 1.52. The van der Waals surface area contributed by atoms with Crippen LogP contribution in [0.25, 0.3) is 22.7 Å². The molecule has 0 unspecified atom stereocenters. The molecule has 1 amide bonds. The van der Waals surface area contributed by atoms with Crippen LogP contribution < -0.4 is 10.9 Å². The second kappa shape index (κ2) is 8.35. The highest BCUT2D eigenvalue weighted by Crippen LogP contribution is 2.18. The molecule has 0 saturated heterocycles. The highest BCUT2D eigenvalue weighted by Gasteiger charge is 2.17. The molecule has 170 valence electrons. The molecule has 2 aromatic carbocycles. The van der Waals surface area contributed by atoms with Gasteiger partial charge in [0.05, 0.1) is 24.0 Å². The van der Waals surface area contributed by atoms with Crippen LogP contribution in [0.3, 0.4) is 0 Å². The summed E-state index contributed by atoms with van der Waals surface area (Å²) < 4.78 is 29.2. The molecule has 0 aliphatic heterocycles. The van der Waals surface area contributed by atoms with Crippen molar-refractivity contribution in [3.05, 3.63) is 94.0 Å². The number of rotatable bonds is 5. The molecule has 11 heteroatoms. The van der Waals surface area contributed by atoms with Crippen LogP contribution in [0.1, 0.15) is 11.3 Å². The van der Waals surface area contributed by atoms with Crippen LogP contribution in [0.15, 0.2) is 65.6 Å². The number of hydrogen-bond donors (Lipinski definition) is 2. The summed E-state index contributed by atoms with van der Waals surface area (Å²) in [6.45, 7) is 1.73. The van der Waals surface area contributed by atoms with E-state index in [0.29, 0.717) is 22.8 Å². The summed E-state index contributed by atoms with van der Waals surface area (Å²) in [6, 6.07) is 12.8. The van der Waals surface area contributed by atoms with Gasteiger partial charge in [0.1, 0.15) is 22.8 Å². The lowest BCUT2D eigenvalue weighted by molar-refractivity contribution is -0.115. The van der Waals surface area contributed by atoms with Crippen molar-refractivity contribution in [2.24, 2.45) is 0 Å². The van der Waals surface area contributed by atoms with E-state index < -0.39 is 11.4 Å². The van der Waals surface area contributed by atoms with Gasteiger partial charge in [-0.3, -0.25) is 14.6 Å². The van der Waals surface area contributed by atoms with Gasteiger partial charge in [-0.25, -0.2) is 13.5 Å². The number of carbonyl (C=O) groups excluding carboxylic acids is 1. The molecule has 0 spiro atoms. The maximum atomic E-state index is 13.3. The standard InChI is InChI=1S/C23H17F2N7O2/c1-13-10-19(27-20(33)11-14-2-4-15(24)5-3-14)32(30-13)23-28-21-18(22(34)29-23)12-26-31(21)17-8-6-16(25)7-9-17/h2-10,12H,11H2,1H3,(H,27,33)(H,28,29,34). The maximum Gasteiger partial charge on any atom is 0.263 e. The fourth-order valence-electron chi connectivity index (χ4n) is 3.50. The van der Waals surface area contributed by atoms with Crippen LogP contribution in [-0.4, -0.2) is 35.4 Å². The largest absolute Gasteiger partial charge is 0.310 e. The molecule has 0 atom stereocenters. The number of aromatic amines is 1. The van der Waals surface area contributed by atoms with Gasteiger partial charge < -0.3 is 5.32 Å². The Morgan fingerprint density at radius 1 is 1.03 bits per heavy atom. The van der Waals surface area contributed by atoms with Crippen molar-refractivity contribution >= 4 is 22.8 Å². The first kappa shape index (κ1) is 21.2. The summed E-state index contributed by atoms with van der Waals surface area (Å²) in [5, 5.41) is 11.5. The van der Waals surface area contributed by atoms with Crippen LogP contribution in [0, 0.1) is 18.6 Å². The number of amides is 1. The molecule has 0 saturated carbocycles. The minimum absolute atomic E-state index is 0.0187. The van der Waals surface area contributed by atoms with Crippen molar-refractivity contribution in [3.8, 4) is 11.6 Å². The summed E-state index contributed by atoms with van der Waals surface area (Å²) in [7, 11) is 0. The van der Waals surface area contributed by atoms with Gasteiger partial charge in [0, 0.05) is 6.07 Å². The predicted molar refractivity (Wildman–Crippen MR) is 120 cm³/mol. The molecule has 0 aliphatic carbocycles. The average Bonchev–Trinajstić information content (AvgIpc) is 3.39. The average molecular weight is 461 g/mol. The molecular weight excluding hydrogens is 444 g/mol. The second-order valence-electron chi connectivity index (χ2n) is 7.59. The molecule has 5 rings (SSSR count). The van der Waals surface area contributed by atoms with Gasteiger partial charge in [-0.15, -0.1) is 0 Å². The van der Waals surface area contributed by atoms with Gasteiger partial charge in [0.2, 0.25) is 11.9 Å². The van der Waals surface area contributed by atoms with Gasteiger partial charge in [-0.05, 0) is 48.9 Å². The number of aryl methyl sites for hydroxylation is 1. The number of fused-ring (bicyclic) bond motifs is 1. The number of aromatic nitrogens is 6. The van der Waals surface area contributed by atoms with E-state index in [2.05, 4.69) is 25.5 Å². The fourth-order valence-corrected chi connectivity index (χ4v) is 3.50. The molecule has 0 bridgehead atoms. The molecule has 0 aliphatic rings. The van der Waals surface area contributed by atoms with Crippen molar-refractivity contribution in [2.45, 2.75) is 13.3 Å². The molecule has 0 fully saturated rings. The van der Waals surface area contributed by atoms with Crippen LogP contribution >= 0.6 is 0 Å². The molecule has 0 radical (unpaired) electrons. The molecule has 2 N–H and O–H groups in total. The van der Waals surface area contributed by atoms with Crippen molar-refractivity contribution in [2.75, 3.05) is 5.32 Å². The highest BCUT2D eigenvalue weighted by atomic mass is 19.1. The van der Waals surface area contributed by atoms with Crippen LogP contribution in [0.4, 0.5) is 14.6 Å². The third-order valence-electron chi connectivity index (χ3n) is 5.07. The number of nitrogens with zero attached hydrogens (tertiary/aromatic N) is 5. The Hall–Kier alpha value is -4.67. The van der Waals surface area contributed by atoms with E-state index in [1.54, 1.807) is 13.0 Å². The van der Waals surface area contributed by atoms with E-state index in [0.717, 1.165) is 0 Å². The van der Waals surface area contributed by atoms with Crippen LogP contribution in [0.5, 0.6) is 0 Å². The van der Waals surface area contributed by atoms with E-state index in [1.165, 1.54) is 64.1 Å². The first-order valence-electron chi connectivity index (χ1n) is 10.2. The van der Waals surface area contributed by atoms with Crippen molar-refractivity contribution in [1.29, 1.82) is 0 Å². The number of hydrogen-bond acceptors (Lipinski definition) is 5. The number of H-pyrrole nitrogens is 1. The van der Waals surface area contributed by atoms with Crippen molar-refractivity contribution < 1.29 is 13.6 Å². The lowest BCUT2D eigenvalue weighted by Crippen LogP contribution is -2.20. The second-order valence-corrected chi connectivity index (χ2v) is 7.59. The summed E-state index contributed by atoms with van der Waals surface area (Å²) >= 11 is 0. The minimum atomic E-state index is -0.454. The Morgan fingerprint density at radius 3 is 2.41 bits per heavy atom.